The predicted molar refractivity (Wildman–Crippen MR) is 120 cm³/mol. The molecule has 154 valence electrons. The molecule has 2 aromatic rings. The highest BCUT2D eigenvalue weighted by molar-refractivity contribution is 7.63. The van der Waals surface area contributed by atoms with Gasteiger partial charge in [-0.15, -0.1) is 0 Å². The van der Waals surface area contributed by atoms with Crippen molar-refractivity contribution >= 4 is 7.94 Å². The quantitative estimate of drug-likeness (QED) is 0.545. The normalized spacial score (nSPS) is 13.4. The molecule has 0 aliphatic rings. The first-order valence-electron chi connectivity index (χ1n) is 9.85. The Kier molecular flexibility index (Phi) is 6.24. The van der Waals surface area contributed by atoms with Crippen molar-refractivity contribution < 1.29 is 13.9 Å². The van der Waals surface area contributed by atoms with Crippen LogP contribution in [-0.4, -0.2) is 10.0 Å². The van der Waals surface area contributed by atoms with Gasteiger partial charge in [-0.2, -0.15) is 4.89 Å². The molecule has 1 N–H and O–H groups in total. The lowest BCUT2D eigenvalue weighted by Crippen LogP contribution is -2.29. The van der Waals surface area contributed by atoms with Crippen LogP contribution in [0.4, 0.5) is 0 Å². The van der Waals surface area contributed by atoms with Gasteiger partial charge < -0.3 is 0 Å². The van der Waals surface area contributed by atoms with Crippen molar-refractivity contribution in [3.8, 4) is 11.5 Å². The molecule has 0 amide bonds. The second kappa shape index (κ2) is 7.69. The SMILES string of the molecule is CC(C)(C)c1ccccc1O[P+](O)(Oc1ccccc1C(C)(C)C)C(C)(C)C. The van der Waals surface area contributed by atoms with Gasteiger partial charge in [0.15, 0.2) is 16.7 Å². The van der Waals surface area contributed by atoms with Crippen molar-refractivity contribution in [2.45, 2.75) is 78.3 Å². The average molecular weight is 404 g/mol. The molecule has 4 heteroatoms. The summed E-state index contributed by atoms with van der Waals surface area (Å²) in [6.07, 6.45) is 0. The molecule has 0 saturated heterocycles. The largest absolute Gasteiger partial charge is 0.500 e. The molecule has 3 nitrogen and oxygen atoms in total. The zero-order chi connectivity index (χ0) is 21.4. The number of hydrogen-bond donors (Lipinski definition) is 1. The topological polar surface area (TPSA) is 38.7 Å². The minimum Gasteiger partial charge on any atom is -0.277 e. The lowest BCUT2D eigenvalue weighted by atomic mass is 9.86. The predicted octanol–water partition coefficient (Wildman–Crippen LogP) is 7.29. The van der Waals surface area contributed by atoms with Gasteiger partial charge in [-0.25, -0.2) is 0 Å². The first-order chi connectivity index (χ1) is 12.7. The zero-order valence-electron chi connectivity index (χ0n) is 18.8. The Hall–Kier alpha value is -1.57. The monoisotopic (exact) mass is 403 g/mol. The van der Waals surface area contributed by atoms with Crippen LogP contribution in [0.25, 0.3) is 0 Å². The van der Waals surface area contributed by atoms with Crippen LogP contribution >= 0.6 is 7.94 Å². The van der Waals surface area contributed by atoms with E-state index in [0.717, 1.165) is 11.1 Å². The molecule has 0 heterocycles. The Balaban J connectivity index is 2.52. The Labute approximate surface area is 171 Å². The Bertz CT molecular complexity index is 748. The van der Waals surface area contributed by atoms with Gasteiger partial charge in [0.2, 0.25) is 0 Å². The van der Waals surface area contributed by atoms with Crippen LogP contribution in [0.5, 0.6) is 11.5 Å². The maximum atomic E-state index is 11.7. The average Bonchev–Trinajstić information content (AvgIpc) is 2.52. The molecule has 0 aromatic heterocycles. The van der Waals surface area contributed by atoms with E-state index >= 15 is 0 Å². The van der Waals surface area contributed by atoms with E-state index in [1.54, 1.807) is 0 Å². The van der Waals surface area contributed by atoms with Gasteiger partial charge in [-0.05, 0) is 43.7 Å². The van der Waals surface area contributed by atoms with Gasteiger partial charge in [0.1, 0.15) is 0 Å². The summed E-state index contributed by atoms with van der Waals surface area (Å²) in [7, 11) is -3.29. The summed E-state index contributed by atoms with van der Waals surface area (Å²) in [6, 6.07) is 15.8. The van der Waals surface area contributed by atoms with E-state index in [0.29, 0.717) is 11.5 Å². The van der Waals surface area contributed by atoms with Crippen LogP contribution in [0.2, 0.25) is 0 Å². The van der Waals surface area contributed by atoms with E-state index < -0.39 is 13.1 Å². The van der Waals surface area contributed by atoms with Crippen molar-refractivity contribution in [3.05, 3.63) is 59.7 Å². The molecule has 0 unspecified atom stereocenters. The van der Waals surface area contributed by atoms with Gasteiger partial charge in [-0.3, -0.25) is 9.05 Å². The maximum absolute atomic E-state index is 11.7. The number of para-hydroxylation sites is 2. The molecule has 2 aromatic carbocycles. The highest BCUT2D eigenvalue weighted by Crippen LogP contribution is 2.66. The van der Waals surface area contributed by atoms with Crippen molar-refractivity contribution in [3.63, 3.8) is 0 Å². The molecule has 0 bridgehead atoms. The fourth-order valence-electron chi connectivity index (χ4n) is 2.89. The summed E-state index contributed by atoms with van der Waals surface area (Å²) in [5, 5.41) is -0.580. The summed E-state index contributed by atoms with van der Waals surface area (Å²) in [4.78, 5) is 11.7. The molecule has 0 spiro atoms. The molecule has 0 atom stereocenters. The summed E-state index contributed by atoms with van der Waals surface area (Å²) in [5.41, 5.74) is 1.88. The minimum atomic E-state index is -3.29. The molecule has 0 radical (unpaired) electrons. The first-order valence-corrected chi connectivity index (χ1v) is 11.4. The highest BCUT2D eigenvalue weighted by Gasteiger charge is 2.58. The number of benzene rings is 2. The Morgan fingerprint density at radius 2 is 0.929 bits per heavy atom. The van der Waals surface area contributed by atoms with Crippen molar-refractivity contribution in [2.75, 3.05) is 0 Å². The third-order valence-corrected chi connectivity index (χ3v) is 7.27. The Morgan fingerprint density at radius 3 is 1.21 bits per heavy atom. The lowest BCUT2D eigenvalue weighted by Gasteiger charge is -2.31. The summed E-state index contributed by atoms with van der Waals surface area (Å²) < 4.78 is 12.7. The van der Waals surface area contributed by atoms with Crippen LogP contribution in [0.1, 0.15) is 73.4 Å². The van der Waals surface area contributed by atoms with Gasteiger partial charge in [0.05, 0.1) is 0 Å². The van der Waals surface area contributed by atoms with E-state index in [2.05, 4.69) is 41.5 Å². The maximum Gasteiger partial charge on any atom is 0.500 e. The number of rotatable bonds is 4. The molecule has 28 heavy (non-hydrogen) atoms. The summed E-state index contributed by atoms with van der Waals surface area (Å²) in [6.45, 7) is 18.7. The van der Waals surface area contributed by atoms with Gasteiger partial charge in [-0.1, -0.05) is 77.9 Å². The zero-order valence-corrected chi connectivity index (χ0v) is 19.7. The standard InChI is InChI=1S/C24H36O3P/c1-22(2,3)18-14-10-12-16-20(18)26-28(25,24(7,8)9)27-21-17-13-11-15-19(21)23(4,5)6/h10-17,25H,1-9H3/q+1. The van der Waals surface area contributed by atoms with Crippen LogP contribution < -0.4 is 9.05 Å². The summed E-state index contributed by atoms with van der Waals surface area (Å²) in [5.74, 6) is 1.35. The highest BCUT2D eigenvalue weighted by atomic mass is 31.2. The molecule has 0 aliphatic heterocycles. The van der Waals surface area contributed by atoms with Crippen LogP contribution in [-0.2, 0) is 10.8 Å². The van der Waals surface area contributed by atoms with E-state index in [4.69, 9.17) is 9.05 Å². The van der Waals surface area contributed by atoms with Gasteiger partial charge >= 0.3 is 7.94 Å². The Morgan fingerprint density at radius 1 is 0.607 bits per heavy atom. The van der Waals surface area contributed by atoms with Crippen molar-refractivity contribution in [2.24, 2.45) is 0 Å². The van der Waals surface area contributed by atoms with Crippen molar-refractivity contribution in [1.82, 2.24) is 0 Å². The number of hydrogen-bond acceptors (Lipinski definition) is 3. The third-order valence-electron chi connectivity index (χ3n) is 4.68. The van der Waals surface area contributed by atoms with E-state index in [1.165, 1.54) is 0 Å². The second-order valence-corrected chi connectivity index (χ2v) is 13.1. The third kappa shape index (κ3) is 5.07. The minimum absolute atomic E-state index is 0.109. The van der Waals surface area contributed by atoms with Gasteiger partial charge in [0.25, 0.3) is 0 Å². The van der Waals surface area contributed by atoms with Crippen molar-refractivity contribution in [1.29, 1.82) is 0 Å². The van der Waals surface area contributed by atoms with E-state index in [-0.39, 0.29) is 10.8 Å². The van der Waals surface area contributed by atoms with E-state index in [1.807, 2.05) is 69.3 Å². The van der Waals surface area contributed by atoms with Crippen LogP contribution in [0.15, 0.2) is 48.5 Å². The molecule has 0 fully saturated rings. The second-order valence-electron chi connectivity index (χ2n) is 10.4. The fourth-order valence-corrected chi connectivity index (χ4v) is 4.33. The molecule has 0 saturated carbocycles. The molecular formula is C24H36O3P+. The first kappa shape index (κ1) is 22.7. The smallest absolute Gasteiger partial charge is 0.277 e. The summed E-state index contributed by atoms with van der Waals surface area (Å²) >= 11 is 0. The fraction of sp³-hybridized carbons (Fsp3) is 0.500. The lowest BCUT2D eigenvalue weighted by molar-refractivity contribution is 0.308. The molecule has 0 aliphatic carbocycles. The van der Waals surface area contributed by atoms with Crippen LogP contribution in [0, 0.1) is 0 Å². The molecular weight excluding hydrogens is 367 g/mol. The molecule has 2 rings (SSSR count). The van der Waals surface area contributed by atoms with Gasteiger partial charge in [0, 0.05) is 11.1 Å². The van der Waals surface area contributed by atoms with Crippen LogP contribution in [0.3, 0.4) is 0 Å². The van der Waals surface area contributed by atoms with E-state index in [9.17, 15) is 4.89 Å².